The van der Waals surface area contributed by atoms with E-state index in [1.807, 2.05) is 44.2 Å². The van der Waals surface area contributed by atoms with Gasteiger partial charge < -0.3 is 4.90 Å². The number of carbonyl (C=O) groups is 2. The summed E-state index contributed by atoms with van der Waals surface area (Å²) in [5.41, 5.74) is 5.40. The molecule has 1 amide bonds. The van der Waals surface area contributed by atoms with E-state index in [4.69, 9.17) is 0 Å². The summed E-state index contributed by atoms with van der Waals surface area (Å²) in [6, 6.07) is 9.51. The third kappa shape index (κ3) is 4.06. The van der Waals surface area contributed by atoms with Crippen molar-refractivity contribution in [1.82, 2.24) is 0 Å². The molecule has 0 saturated carbocycles. The van der Waals surface area contributed by atoms with Gasteiger partial charge in [0.25, 0.3) is 0 Å². The largest absolute Gasteiger partial charge is 0.311 e. The number of sulfone groups is 1. The molecule has 3 rings (SSSR count). The van der Waals surface area contributed by atoms with Gasteiger partial charge in [-0.3, -0.25) is 9.59 Å². The van der Waals surface area contributed by atoms with Crippen LogP contribution in [-0.4, -0.2) is 31.9 Å². The number of Topliss-reactive ketones (excluding diaryl/α,β-unsaturated/α-hetero) is 1. The van der Waals surface area contributed by atoms with Gasteiger partial charge in [-0.15, -0.1) is 0 Å². The number of fused-ring (bicyclic) bond motifs is 1. The number of rotatable bonds is 5. The summed E-state index contributed by atoms with van der Waals surface area (Å²) < 4.78 is 26.5. The molecule has 1 heterocycles. The number of hydrogen-bond donors (Lipinski definition) is 0. The van der Waals surface area contributed by atoms with Crippen molar-refractivity contribution in [3.05, 3.63) is 63.7 Å². The smallest absolute Gasteiger partial charge is 0.245 e. The molecule has 0 saturated heterocycles. The number of carbonyl (C=O) groups excluding carboxylic acids is 2. The highest BCUT2D eigenvalue weighted by Gasteiger charge is 2.35. The Kier molecular flexibility index (Phi) is 6.18. The first-order chi connectivity index (χ1) is 14.0. The van der Waals surface area contributed by atoms with E-state index < -0.39 is 21.0 Å². The Morgan fingerprint density at radius 3 is 2.43 bits per heavy atom. The minimum absolute atomic E-state index is 0.0855. The van der Waals surface area contributed by atoms with Crippen LogP contribution in [0.4, 0.5) is 5.69 Å². The summed E-state index contributed by atoms with van der Waals surface area (Å²) in [6.45, 7) is 8.97. The lowest BCUT2D eigenvalue weighted by atomic mass is 9.92. The van der Waals surface area contributed by atoms with Crippen LogP contribution in [0.2, 0.25) is 0 Å². The maximum absolute atomic E-state index is 13.2. The lowest BCUT2D eigenvalue weighted by molar-refractivity contribution is -0.118. The van der Waals surface area contributed by atoms with Crippen LogP contribution in [0.25, 0.3) is 0 Å². The second-order valence-corrected chi connectivity index (χ2v) is 10.5. The van der Waals surface area contributed by atoms with Gasteiger partial charge in [-0.25, -0.2) is 8.42 Å². The summed E-state index contributed by atoms with van der Waals surface area (Å²) in [6.07, 6.45) is 1.70. The van der Waals surface area contributed by atoms with Crippen molar-refractivity contribution < 1.29 is 18.0 Å². The summed E-state index contributed by atoms with van der Waals surface area (Å²) in [5.74, 6) is -0.734. The summed E-state index contributed by atoms with van der Waals surface area (Å²) >= 11 is 0. The van der Waals surface area contributed by atoms with Gasteiger partial charge in [0.05, 0.1) is 5.75 Å². The number of para-hydroxylation sites is 1. The summed E-state index contributed by atoms with van der Waals surface area (Å²) in [4.78, 5) is 26.9. The van der Waals surface area contributed by atoms with E-state index in [-0.39, 0.29) is 11.5 Å². The maximum Gasteiger partial charge on any atom is 0.245 e. The first-order valence-electron chi connectivity index (χ1n) is 10.3. The van der Waals surface area contributed by atoms with Crippen LogP contribution in [0.5, 0.6) is 0 Å². The van der Waals surface area contributed by atoms with E-state index in [1.165, 1.54) is 13.8 Å². The Labute approximate surface area is 179 Å². The number of ketones is 1. The average molecular weight is 428 g/mol. The van der Waals surface area contributed by atoms with Crippen molar-refractivity contribution in [1.29, 1.82) is 0 Å². The zero-order chi connectivity index (χ0) is 22.2. The molecular formula is C24H29NO4S. The van der Waals surface area contributed by atoms with Crippen molar-refractivity contribution >= 4 is 27.2 Å². The lowest BCUT2D eigenvalue weighted by Crippen LogP contribution is -2.44. The molecule has 1 aliphatic rings. The fraction of sp³-hybridized carbons (Fsp3) is 0.417. The molecule has 0 radical (unpaired) electrons. The molecule has 1 atom stereocenters. The normalized spacial score (nSPS) is 14.9. The Bertz CT molecular complexity index is 1120. The van der Waals surface area contributed by atoms with Crippen molar-refractivity contribution in [2.45, 2.75) is 58.5 Å². The van der Waals surface area contributed by atoms with Crippen molar-refractivity contribution in [3.63, 3.8) is 0 Å². The Morgan fingerprint density at radius 1 is 1.10 bits per heavy atom. The van der Waals surface area contributed by atoms with Gasteiger partial charge in [-0.1, -0.05) is 24.3 Å². The monoisotopic (exact) mass is 427 g/mol. The maximum atomic E-state index is 13.2. The topological polar surface area (TPSA) is 71.5 Å². The molecule has 5 nitrogen and oxygen atoms in total. The number of amides is 1. The number of anilines is 1. The molecule has 0 spiro atoms. The van der Waals surface area contributed by atoms with Crippen LogP contribution in [0, 0.1) is 20.8 Å². The average Bonchev–Trinajstić information content (AvgIpc) is 2.69. The SMILES string of the molecule is CC(=O)c1c(C)cc(C)c(CS(=O)(=O)C(C)C(=O)N2CCCc3ccccc32)c1C. The van der Waals surface area contributed by atoms with E-state index in [9.17, 15) is 18.0 Å². The predicted octanol–water partition coefficient (Wildman–Crippen LogP) is 4.10. The number of aryl methyl sites for hydroxylation is 3. The number of nitrogens with zero attached hydrogens (tertiary/aromatic N) is 1. The van der Waals surface area contributed by atoms with E-state index in [2.05, 4.69) is 0 Å². The lowest BCUT2D eigenvalue weighted by Gasteiger charge is -2.31. The van der Waals surface area contributed by atoms with Crippen molar-refractivity contribution in [2.75, 3.05) is 11.4 Å². The van der Waals surface area contributed by atoms with Gasteiger partial charge >= 0.3 is 0 Å². The van der Waals surface area contributed by atoms with Gasteiger partial charge in [-0.2, -0.15) is 0 Å². The molecule has 0 fully saturated rings. The van der Waals surface area contributed by atoms with E-state index in [0.717, 1.165) is 35.2 Å². The van der Waals surface area contributed by atoms with E-state index in [0.29, 0.717) is 23.2 Å². The molecule has 1 unspecified atom stereocenters. The zero-order valence-electron chi connectivity index (χ0n) is 18.3. The highest BCUT2D eigenvalue weighted by atomic mass is 32.2. The number of hydrogen-bond acceptors (Lipinski definition) is 4. The molecule has 0 aromatic heterocycles. The zero-order valence-corrected chi connectivity index (χ0v) is 19.1. The molecule has 2 aromatic carbocycles. The second kappa shape index (κ2) is 8.34. The molecule has 6 heteroatoms. The minimum atomic E-state index is -3.77. The Hall–Kier alpha value is -2.47. The van der Waals surface area contributed by atoms with Crippen molar-refractivity contribution in [2.24, 2.45) is 0 Å². The van der Waals surface area contributed by atoms with Crippen LogP contribution in [0.15, 0.2) is 30.3 Å². The molecule has 0 aliphatic carbocycles. The van der Waals surface area contributed by atoms with Crippen LogP contribution < -0.4 is 4.90 Å². The van der Waals surface area contributed by atoms with Gasteiger partial charge in [0, 0.05) is 17.8 Å². The van der Waals surface area contributed by atoms with Crippen molar-refractivity contribution in [3.8, 4) is 0 Å². The van der Waals surface area contributed by atoms with E-state index >= 15 is 0 Å². The van der Waals surface area contributed by atoms with Crippen LogP contribution in [0.1, 0.15) is 58.4 Å². The standard InChI is InChI=1S/C24H29NO4S/c1-15-13-16(2)23(18(4)26)17(3)21(15)14-30(28,29)19(5)24(27)25-12-8-10-20-9-6-7-11-22(20)25/h6-7,9,11,13,19H,8,10,12,14H2,1-5H3. The molecule has 1 aliphatic heterocycles. The highest BCUT2D eigenvalue weighted by Crippen LogP contribution is 2.30. The molecule has 30 heavy (non-hydrogen) atoms. The molecule has 0 bridgehead atoms. The minimum Gasteiger partial charge on any atom is -0.311 e. The predicted molar refractivity (Wildman–Crippen MR) is 120 cm³/mol. The molecule has 0 N–H and O–H groups in total. The first kappa shape index (κ1) is 22.2. The molecule has 2 aromatic rings. The van der Waals surface area contributed by atoms with Crippen LogP contribution in [-0.2, 0) is 26.8 Å². The summed E-state index contributed by atoms with van der Waals surface area (Å²) in [7, 11) is -3.77. The number of benzene rings is 2. The Balaban J connectivity index is 1.93. The third-order valence-electron chi connectivity index (χ3n) is 6.09. The van der Waals surface area contributed by atoms with Gasteiger partial charge in [-0.05, 0) is 81.3 Å². The van der Waals surface area contributed by atoms with Crippen LogP contribution in [0.3, 0.4) is 0 Å². The molecular weight excluding hydrogens is 398 g/mol. The first-order valence-corrected chi connectivity index (χ1v) is 12.0. The quantitative estimate of drug-likeness (QED) is 0.674. The van der Waals surface area contributed by atoms with E-state index in [1.54, 1.807) is 11.8 Å². The molecule has 160 valence electrons. The van der Waals surface area contributed by atoms with Gasteiger partial charge in [0.1, 0.15) is 5.25 Å². The fourth-order valence-corrected chi connectivity index (χ4v) is 5.98. The Morgan fingerprint density at radius 2 is 1.77 bits per heavy atom. The van der Waals surface area contributed by atoms with Gasteiger partial charge in [0.2, 0.25) is 5.91 Å². The fourth-order valence-electron chi connectivity index (χ4n) is 4.45. The highest BCUT2D eigenvalue weighted by molar-refractivity contribution is 7.92. The van der Waals surface area contributed by atoms with Gasteiger partial charge in [0.15, 0.2) is 15.6 Å². The third-order valence-corrected chi connectivity index (χ3v) is 8.06. The second-order valence-electron chi connectivity index (χ2n) is 8.22. The van der Waals surface area contributed by atoms with Crippen LogP contribution >= 0.6 is 0 Å². The summed E-state index contributed by atoms with van der Waals surface area (Å²) in [5, 5.41) is -1.16.